The van der Waals surface area contributed by atoms with Gasteiger partial charge in [0.05, 0.1) is 32.0 Å². The van der Waals surface area contributed by atoms with Crippen molar-refractivity contribution in [1.29, 1.82) is 5.26 Å². The summed E-state index contributed by atoms with van der Waals surface area (Å²) < 4.78 is 0. The van der Waals surface area contributed by atoms with Gasteiger partial charge in [-0.1, -0.05) is 34.8 Å². The third kappa shape index (κ3) is 2.23. The van der Waals surface area contributed by atoms with E-state index < -0.39 is 0 Å². The fourth-order valence-corrected chi connectivity index (χ4v) is 2.10. The van der Waals surface area contributed by atoms with Gasteiger partial charge in [0.25, 0.3) is 0 Å². The predicted molar refractivity (Wildman–Crippen MR) is 73.8 cm³/mol. The van der Waals surface area contributed by atoms with Crippen molar-refractivity contribution < 1.29 is 0 Å². The lowest BCUT2D eigenvalue weighted by molar-refractivity contribution is 1.30. The van der Waals surface area contributed by atoms with E-state index in [0.29, 0.717) is 27.5 Å². The van der Waals surface area contributed by atoms with Gasteiger partial charge in [-0.15, -0.1) is 0 Å². The van der Waals surface area contributed by atoms with Crippen LogP contribution < -0.4 is 5.73 Å². The zero-order chi connectivity index (χ0) is 13.3. The number of nitriles is 1. The molecule has 6 heteroatoms. The molecule has 0 fully saturated rings. The SMILES string of the molecule is N#Cc1cnc(-c2ccc(Cl)c(Cl)c2Cl)c(N)c1. The Bertz CT molecular complexity index is 662. The van der Waals surface area contributed by atoms with Gasteiger partial charge in [-0.05, 0) is 18.2 Å². The number of nitrogen functional groups attached to an aromatic ring is 1. The van der Waals surface area contributed by atoms with Gasteiger partial charge in [0, 0.05) is 11.8 Å². The van der Waals surface area contributed by atoms with E-state index in [1.165, 1.54) is 12.3 Å². The molecule has 1 aromatic heterocycles. The molecule has 18 heavy (non-hydrogen) atoms. The number of hydrogen-bond acceptors (Lipinski definition) is 3. The average molecular weight is 299 g/mol. The Morgan fingerprint density at radius 1 is 1.17 bits per heavy atom. The molecule has 0 saturated heterocycles. The highest BCUT2D eigenvalue weighted by Crippen LogP contribution is 2.38. The van der Waals surface area contributed by atoms with Crippen molar-refractivity contribution in [2.45, 2.75) is 0 Å². The number of benzene rings is 1. The summed E-state index contributed by atoms with van der Waals surface area (Å²) in [6.45, 7) is 0. The predicted octanol–water partition coefficient (Wildman–Crippen LogP) is 4.16. The number of rotatable bonds is 1. The number of nitrogens with zero attached hydrogens (tertiary/aromatic N) is 2. The number of pyridine rings is 1. The van der Waals surface area contributed by atoms with Crippen LogP contribution in [0.4, 0.5) is 5.69 Å². The fourth-order valence-electron chi connectivity index (χ4n) is 1.48. The second-order valence-electron chi connectivity index (χ2n) is 3.50. The number of aromatic nitrogens is 1. The van der Waals surface area contributed by atoms with Crippen molar-refractivity contribution >= 4 is 40.5 Å². The molecule has 0 aliphatic rings. The molecule has 0 saturated carbocycles. The zero-order valence-corrected chi connectivity index (χ0v) is 11.2. The van der Waals surface area contributed by atoms with E-state index in [2.05, 4.69) is 4.98 Å². The summed E-state index contributed by atoms with van der Waals surface area (Å²) in [6, 6.07) is 6.79. The molecule has 0 aliphatic heterocycles. The summed E-state index contributed by atoms with van der Waals surface area (Å²) in [4.78, 5) is 4.12. The summed E-state index contributed by atoms with van der Waals surface area (Å²) in [5, 5.41) is 9.64. The summed E-state index contributed by atoms with van der Waals surface area (Å²) in [5.74, 6) is 0. The molecule has 1 aromatic carbocycles. The minimum Gasteiger partial charge on any atom is -0.397 e. The highest BCUT2D eigenvalue weighted by molar-refractivity contribution is 6.49. The number of halogens is 3. The summed E-state index contributed by atoms with van der Waals surface area (Å²) in [5.41, 5.74) is 7.62. The standard InChI is InChI=1S/C12H6Cl3N3/c13-8-2-1-7(10(14)11(8)15)12-9(17)3-6(4-16)5-18-12/h1-3,5H,17H2. The second-order valence-corrected chi connectivity index (χ2v) is 4.66. The van der Waals surface area contributed by atoms with Crippen LogP contribution in [0.1, 0.15) is 5.56 Å². The van der Waals surface area contributed by atoms with Crippen molar-refractivity contribution in [2.24, 2.45) is 0 Å². The zero-order valence-electron chi connectivity index (χ0n) is 8.92. The number of hydrogen-bond donors (Lipinski definition) is 1. The van der Waals surface area contributed by atoms with Gasteiger partial charge in [0.15, 0.2) is 0 Å². The topological polar surface area (TPSA) is 62.7 Å². The van der Waals surface area contributed by atoms with Gasteiger partial charge < -0.3 is 5.73 Å². The average Bonchev–Trinajstić information content (AvgIpc) is 2.37. The maximum atomic E-state index is 8.75. The van der Waals surface area contributed by atoms with Gasteiger partial charge in [-0.25, -0.2) is 0 Å². The molecular formula is C12H6Cl3N3. The molecule has 2 rings (SSSR count). The molecule has 0 aliphatic carbocycles. The van der Waals surface area contributed by atoms with Gasteiger partial charge in [0.1, 0.15) is 6.07 Å². The van der Waals surface area contributed by atoms with E-state index >= 15 is 0 Å². The second kappa shape index (κ2) is 5.03. The lowest BCUT2D eigenvalue weighted by Crippen LogP contribution is -1.95. The molecule has 0 amide bonds. The van der Waals surface area contributed by atoms with E-state index in [1.807, 2.05) is 6.07 Å². The summed E-state index contributed by atoms with van der Waals surface area (Å²) in [7, 11) is 0. The molecule has 90 valence electrons. The summed E-state index contributed by atoms with van der Waals surface area (Å²) >= 11 is 17.9. The Morgan fingerprint density at radius 2 is 1.89 bits per heavy atom. The third-order valence-electron chi connectivity index (χ3n) is 2.34. The Morgan fingerprint density at radius 3 is 2.50 bits per heavy atom. The Kier molecular flexibility index (Phi) is 3.63. The van der Waals surface area contributed by atoms with E-state index in [1.54, 1.807) is 12.1 Å². The fraction of sp³-hybridized carbons (Fsp3) is 0. The first-order valence-electron chi connectivity index (χ1n) is 4.84. The highest BCUT2D eigenvalue weighted by Gasteiger charge is 2.14. The van der Waals surface area contributed by atoms with Crippen molar-refractivity contribution in [3.8, 4) is 17.3 Å². The van der Waals surface area contributed by atoms with Crippen LogP contribution in [0.25, 0.3) is 11.3 Å². The van der Waals surface area contributed by atoms with Gasteiger partial charge >= 0.3 is 0 Å². The van der Waals surface area contributed by atoms with Crippen LogP contribution >= 0.6 is 34.8 Å². The first kappa shape index (κ1) is 13.0. The number of anilines is 1. The Labute approximate surface area is 119 Å². The van der Waals surface area contributed by atoms with Gasteiger partial charge in [0.2, 0.25) is 0 Å². The molecule has 0 radical (unpaired) electrons. The van der Waals surface area contributed by atoms with Crippen molar-refractivity contribution in [2.75, 3.05) is 5.73 Å². The monoisotopic (exact) mass is 297 g/mol. The van der Waals surface area contributed by atoms with Crippen molar-refractivity contribution in [1.82, 2.24) is 4.98 Å². The maximum Gasteiger partial charge on any atom is 0.101 e. The van der Waals surface area contributed by atoms with Gasteiger partial charge in [-0.3, -0.25) is 4.98 Å². The third-order valence-corrected chi connectivity index (χ3v) is 3.63. The quantitative estimate of drug-likeness (QED) is 0.804. The lowest BCUT2D eigenvalue weighted by Gasteiger charge is -2.09. The molecule has 0 bridgehead atoms. The van der Waals surface area contributed by atoms with Crippen LogP contribution in [-0.4, -0.2) is 4.98 Å². The van der Waals surface area contributed by atoms with Crippen LogP contribution in [0.2, 0.25) is 15.1 Å². The largest absolute Gasteiger partial charge is 0.397 e. The summed E-state index contributed by atoms with van der Waals surface area (Å²) in [6.07, 6.45) is 1.42. The molecule has 0 unspecified atom stereocenters. The van der Waals surface area contributed by atoms with E-state index in [0.717, 1.165) is 0 Å². The molecule has 2 aromatic rings. The van der Waals surface area contributed by atoms with Crippen LogP contribution in [0, 0.1) is 11.3 Å². The molecule has 1 heterocycles. The first-order valence-corrected chi connectivity index (χ1v) is 5.97. The Balaban J connectivity index is 2.64. The normalized spacial score (nSPS) is 10.1. The van der Waals surface area contributed by atoms with E-state index in [-0.39, 0.29) is 10.0 Å². The van der Waals surface area contributed by atoms with Gasteiger partial charge in [-0.2, -0.15) is 5.26 Å². The van der Waals surface area contributed by atoms with Crippen molar-refractivity contribution in [3.63, 3.8) is 0 Å². The molecule has 0 spiro atoms. The van der Waals surface area contributed by atoms with Crippen LogP contribution in [-0.2, 0) is 0 Å². The van der Waals surface area contributed by atoms with E-state index in [4.69, 9.17) is 45.8 Å². The van der Waals surface area contributed by atoms with Crippen LogP contribution in [0.15, 0.2) is 24.4 Å². The molecule has 0 atom stereocenters. The lowest BCUT2D eigenvalue weighted by atomic mass is 10.1. The van der Waals surface area contributed by atoms with E-state index in [9.17, 15) is 0 Å². The number of nitrogens with two attached hydrogens (primary N) is 1. The van der Waals surface area contributed by atoms with Crippen LogP contribution in [0.3, 0.4) is 0 Å². The van der Waals surface area contributed by atoms with Crippen LogP contribution in [0.5, 0.6) is 0 Å². The smallest absolute Gasteiger partial charge is 0.101 e. The highest BCUT2D eigenvalue weighted by atomic mass is 35.5. The Hall–Kier alpha value is -1.47. The first-order chi connectivity index (χ1) is 8.54. The van der Waals surface area contributed by atoms with Crippen molar-refractivity contribution in [3.05, 3.63) is 45.0 Å². The molecule has 3 nitrogen and oxygen atoms in total. The molecule has 2 N–H and O–H groups in total. The minimum atomic E-state index is 0.251. The maximum absolute atomic E-state index is 8.75. The minimum absolute atomic E-state index is 0.251. The molecular weight excluding hydrogens is 293 g/mol.